The average Bonchev–Trinajstić information content (AvgIpc) is 3.12. The summed E-state index contributed by atoms with van der Waals surface area (Å²) >= 11 is 1.64. The van der Waals surface area contributed by atoms with Gasteiger partial charge in [0.05, 0.1) is 0 Å². The number of phenols is 1. The number of anilines is 2. The van der Waals surface area contributed by atoms with Crippen LogP contribution in [0.25, 0.3) is 0 Å². The zero-order valence-electron chi connectivity index (χ0n) is 15.5. The van der Waals surface area contributed by atoms with Crippen LogP contribution in [0.3, 0.4) is 0 Å². The molecule has 142 valence electrons. The van der Waals surface area contributed by atoms with Crippen molar-refractivity contribution >= 4 is 22.7 Å². The molecule has 3 aromatic rings. The van der Waals surface area contributed by atoms with Gasteiger partial charge in [-0.15, -0.1) is 0 Å². The van der Waals surface area contributed by atoms with E-state index in [1.54, 1.807) is 23.5 Å². The van der Waals surface area contributed by atoms with E-state index in [4.69, 9.17) is 0 Å². The van der Waals surface area contributed by atoms with Crippen LogP contribution in [-0.2, 0) is 12.8 Å². The minimum Gasteiger partial charge on any atom is -0.508 e. The van der Waals surface area contributed by atoms with Gasteiger partial charge >= 0.3 is 0 Å². The lowest BCUT2D eigenvalue weighted by Crippen LogP contribution is -2.43. The fraction of sp³-hybridized carbons (Fsp3) is 0.333. The number of hydrogen-bond donors (Lipinski definition) is 3. The lowest BCUT2D eigenvalue weighted by molar-refractivity contribution is 0.474. The van der Waals surface area contributed by atoms with E-state index in [0.717, 1.165) is 24.8 Å². The van der Waals surface area contributed by atoms with E-state index in [-0.39, 0.29) is 11.3 Å². The lowest BCUT2D eigenvalue weighted by atomic mass is 9.95. The molecule has 2 aromatic carbocycles. The van der Waals surface area contributed by atoms with Gasteiger partial charge in [0.15, 0.2) is 0 Å². The largest absolute Gasteiger partial charge is 0.508 e. The van der Waals surface area contributed by atoms with Gasteiger partial charge in [-0.1, -0.05) is 12.1 Å². The minimum atomic E-state index is -0.457. The maximum absolute atomic E-state index is 12.0. The number of thiophene rings is 1. The van der Waals surface area contributed by atoms with Gasteiger partial charge in [-0.2, -0.15) is 11.3 Å². The Bertz CT molecular complexity index is 970. The fourth-order valence-corrected chi connectivity index (χ4v) is 3.85. The van der Waals surface area contributed by atoms with E-state index in [1.165, 1.54) is 5.56 Å². The van der Waals surface area contributed by atoms with Gasteiger partial charge in [0.25, 0.3) is 10.9 Å². The van der Waals surface area contributed by atoms with Crippen LogP contribution in [0.15, 0.2) is 50.7 Å². The van der Waals surface area contributed by atoms with Gasteiger partial charge in [0.2, 0.25) is 0 Å². The molecule has 0 saturated heterocycles. The molecule has 0 fully saturated rings. The molecule has 0 unspecified atom stereocenters. The van der Waals surface area contributed by atoms with Crippen molar-refractivity contribution in [1.82, 2.24) is 0 Å². The molecule has 0 radical (unpaired) electrons. The first-order chi connectivity index (χ1) is 12.9. The third-order valence-corrected chi connectivity index (χ3v) is 5.19. The molecule has 0 amide bonds. The summed E-state index contributed by atoms with van der Waals surface area (Å²) in [5, 5.41) is 20.0. The second-order valence-corrected chi connectivity index (χ2v) is 8.21. The summed E-state index contributed by atoms with van der Waals surface area (Å²) in [5.74, 6) is 0.252. The number of aromatic hydroxyl groups is 1. The van der Waals surface area contributed by atoms with Crippen LogP contribution in [0.1, 0.15) is 31.4 Å². The predicted molar refractivity (Wildman–Crippen MR) is 112 cm³/mol. The summed E-state index contributed by atoms with van der Waals surface area (Å²) < 4.78 is 0. The fourth-order valence-electron chi connectivity index (χ4n) is 3.18. The maximum Gasteiger partial charge on any atom is 0.253 e. The van der Waals surface area contributed by atoms with Crippen molar-refractivity contribution in [3.05, 3.63) is 72.7 Å². The van der Waals surface area contributed by atoms with Crippen LogP contribution in [-0.4, -0.2) is 17.2 Å². The van der Waals surface area contributed by atoms with E-state index >= 15 is 0 Å². The lowest BCUT2D eigenvalue weighted by Gasteiger charge is -2.29. The van der Waals surface area contributed by atoms with Gasteiger partial charge in [-0.25, -0.2) is 0 Å². The number of benzene rings is 1. The number of nitrogens with one attached hydrogen (secondary N) is 2. The monoisotopic (exact) mass is 384 g/mol. The average molecular weight is 385 g/mol. The van der Waals surface area contributed by atoms with Gasteiger partial charge in [-0.05, 0) is 73.2 Å². The van der Waals surface area contributed by atoms with Crippen molar-refractivity contribution in [1.29, 1.82) is 0 Å². The van der Waals surface area contributed by atoms with E-state index in [2.05, 4.69) is 22.1 Å². The molecular formula is C21H24N2O3S. The normalized spacial score (nSPS) is 11.6. The standard InChI is InChI=1S/C21H24N2O3S/c1-21(2,12-15-8-10-27-13-15)23-18-17(19(25)20(18)26)22-9-4-6-14-5-3-7-16(24)11-14/h3,5,7-8,10-11,13,22-24H,4,6,9,12H2,1-2H3. The molecule has 0 spiro atoms. The zero-order valence-corrected chi connectivity index (χ0v) is 16.4. The Labute approximate surface area is 162 Å². The van der Waals surface area contributed by atoms with Crippen molar-refractivity contribution in [2.45, 2.75) is 38.6 Å². The summed E-state index contributed by atoms with van der Waals surface area (Å²) in [6, 6.07) is 9.21. The van der Waals surface area contributed by atoms with Crippen LogP contribution in [0.5, 0.6) is 5.75 Å². The van der Waals surface area contributed by atoms with Crippen molar-refractivity contribution in [3.63, 3.8) is 0 Å². The number of hydrogen-bond acceptors (Lipinski definition) is 6. The van der Waals surface area contributed by atoms with E-state index in [0.29, 0.717) is 17.9 Å². The van der Waals surface area contributed by atoms with Crippen molar-refractivity contribution in [3.8, 4) is 5.75 Å². The minimum absolute atomic E-state index is 0.252. The molecule has 0 saturated carbocycles. The molecule has 3 N–H and O–H groups in total. The first kappa shape index (κ1) is 19.2. The third kappa shape index (κ3) is 4.77. The zero-order chi connectivity index (χ0) is 19.4. The first-order valence-electron chi connectivity index (χ1n) is 9.00. The topological polar surface area (TPSA) is 78.4 Å². The summed E-state index contributed by atoms with van der Waals surface area (Å²) in [7, 11) is 0. The molecule has 1 aromatic heterocycles. The quantitative estimate of drug-likeness (QED) is 0.389. The Hall–Kier alpha value is -2.60. The Morgan fingerprint density at radius 1 is 1.07 bits per heavy atom. The molecule has 0 atom stereocenters. The predicted octanol–water partition coefficient (Wildman–Crippen LogP) is 3.53. The third-order valence-electron chi connectivity index (χ3n) is 4.45. The summed E-state index contributed by atoms with van der Waals surface area (Å²) in [6.07, 6.45) is 2.34. The summed E-state index contributed by atoms with van der Waals surface area (Å²) in [5.41, 5.74) is 1.77. The Kier molecular flexibility index (Phi) is 5.65. The van der Waals surface area contributed by atoms with E-state index in [1.807, 2.05) is 31.4 Å². The molecular weight excluding hydrogens is 360 g/mol. The van der Waals surface area contributed by atoms with Crippen molar-refractivity contribution < 1.29 is 5.11 Å². The summed E-state index contributed by atoms with van der Waals surface area (Å²) in [6.45, 7) is 4.63. The first-order valence-corrected chi connectivity index (χ1v) is 9.94. The molecule has 5 nitrogen and oxygen atoms in total. The van der Waals surface area contributed by atoms with Crippen LogP contribution in [0.4, 0.5) is 11.4 Å². The molecule has 3 rings (SSSR count). The molecule has 0 aliphatic carbocycles. The molecule has 27 heavy (non-hydrogen) atoms. The molecule has 0 aliphatic heterocycles. The van der Waals surface area contributed by atoms with Crippen LogP contribution < -0.4 is 21.5 Å². The number of aryl methyl sites for hydroxylation is 1. The maximum atomic E-state index is 12.0. The molecule has 1 heterocycles. The van der Waals surface area contributed by atoms with Crippen molar-refractivity contribution in [2.24, 2.45) is 0 Å². The number of phenolic OH excluding ortho intramolecular Hbond substituents is 1. The molecule has 0 aliphatic rings. The highest BCUT2D eigenvalue weighted by molar-refractivity contribution is 7.07. The van der Waals surface area contributed by atoms with Crippen molar-refractivity contribution in [2.75, 3.05) is 17.2 Å². The number of rotatable bonds is 9. The van der Waals surface area contributed by atoms with E-state index < -0.39 is 10.9 Å². The highest BCUT2D eigenvalue weighted by Gasteiger charge is 2.27. The highest BCUT2D eigenvalue weighted by atomic mass is 32.1. The Balaban J connectivity index is 1.57. The highest BCUT2D eigenvalue weighted by Crippen LogP contribution is 2.23. The Morgan fingerprint density at radius 2 is 1.85 bits per heavy atom. The second kappa shape index (κ2) is 7.96. The van der Waals surface area contributed by atoms with Gasteiger partial charge < -0.3 is 15.7 Å². The van der Waals surface area contributed by atoms with Gasteiger partial charge in [0, 0.05) is 12.1 Å². The second-order valence-electron chi connectivity index (χ2n) is 7.43. The van der Waals surface area contributed by atoms with Crippen LogP contribution >= 0.6 is 11.3 Å². The Morgan fingerprint density at radius 3 is 2.56 bits per heavy atom. The van der Waals surface area contributed by atoms with Crippen LogP contribution in [0.2, 0.25) is 0 Å². The van der Waals surface area contributed by atoms with E-state index in [9.17, 15) is 14.7 Å². The SMILES string of the molecule is CC(C)(Cc1ccsc1)Nc1c(NCCCc2cccc(O)c2)c(=O)c1=O. The van der Waals surface area contributed by atoms with Gasteiger partial charge in [0.1, 0.15) is 17.1 Å². The van der Waals surface area contributed by atoms with Crippen LogP contribution in [0, 0.1) is 0 Å². The van der Waals surface area contributed by atoms with Gasteiger partial charge in [-0.3, -0.25) is 9.59 Å². The summed E-state index contributed by atoms with van der Waals surface area (Å²) in [4.78, 5) is 24.0. The smallest absolute Gasteiger partial charge is 0.253 e. The molecule has 6 heteroatoms. The molecule has 0 bridgehead atoms.